The van der Waals surface area contributed by atoms with Crippen molar-refractivity contribution >= 4 is 0 Å². The molecule has 3 rings (SSSR count). The zero-order valence-corrected chi connectivity index (χ0v) is 15.3. The van der Waals surface area contributed by atoms with Gasteiger partial charge in [0, 0.05) is 7.11 Å². The minimum atomic E-state index is -0.169. The van der Waals surface area contributed by atoms with E-state index in [1.807, 2.05) is 0 Å². The van der Waals surface area contributed by atoms with E-state index in [2.05, 4.69) is 32.9 Å². The lowest BCUT2D eigenvalue weighted by molar-refractivity contribution is -0.112. The van der Waals surface area contributed by atoms with Crippen molar-refractivity contribution in [3.05, 3.63) is 12.2 Å². The predicted molar refractivity (Wildman–Crippen MR) is 92.0 cm³/mol. The Bertz CT molecular complexity index is 458. The molecule has 0 aliphatic heterocycles. The van der Waals surface area contributed by atoms with Gasteiger partial charge in [-0.1, -0.05) is 25.5 Å². The van der Waals surface area contributed by atoms with Gasteiger partial charge in [0.15, 0.2) is 0 Å². The third kappa shape index (κ3) is 3.01. The molecule has 5 atom stereocenters. The second-order valence-electron chi connectivity index (χ2n) is 8.93. The molecule has 0 saturated heterocycles. The van der Waals surface area contributed by atoms with E-state index in [0.717, 1.165) is 12.8 Å². The SMILES string of the molecule is COCOC(C)(C)C/C=C/[C@H]1C[C@@]12CC[C@H]1[C@@H](O)CCC[C@@]12C. The van der Waals surface area contributed by atoms with Crippen molar-refractivity contribution in [1.82, 2.24) is 0 Å². The highest BCUT2D eigenvalue weighted by atomic mass is 16.7. The van der Waals surface area contributed by atoms with Crippen LogP contribution in [0.2, 0.25) is 0 Å². The lowest BCUT2D eigenvalue weighted by Gasteiger charge is -2.44. The van der Waals surface area contributed by atoms with Crippen LogP contribution in [0.15, 0.2) is 12.2 Å². The molecule has 3 fully saturated rings. The molecule has 0 radical (unpaired) electrons. The van der Waals surface area contributed by atoms with Crippen molar-refractivity contribution in [2.24, 2.45) is 22.7 Å². The zero-order chi connectivity index (χ0) is 16.7. The van der Waals surface area contributed by atoms with Crippen molar-refractivity contribution in [2.75, 3.05) is 13.9 Å². The quantitative estimate of drug-likeness (QED) is 0.585. The Labute approximate surface area is 141 Å². The van der Waals surface area contributed by atoms with Crippen LogP contribution in [-0.2, 0) is 9.47 Å². The summed E-state index contributed by atoms with van der Waals surface area (Å²) in [6.45, 7) is 7.05. The second-order valence-corrected chi connectivity index (χ2v) is 8.93. The minimum absolute atomic E-state index is 0.0558. The first kappa shape index (κ1) is 17.4. The monoisotopic (exact) mass is 322 g/mol. The molecule has 1 spiro atoms. The molecule has 3 aliphatic rings. The number of aliphatic hydroxyl groups is 1. The maximum absolute atomic E-state index is 10.4. The minimum Gasteiger partial charge on any atom is -0.393 e. The normalized spacial score (nSPS) is 43.3. The van der Waals surface area contributed by atoms with Crippen LogP contribution in [0.1, 0.15) is 65.7 Å². The van der Waals surface area contributed by atoms with Crippen LogP contribution in [0.4, 0.5) is 0 Å². The summed E-state index contributed by atoms with van der Waals surface area (Å²) in [5, 5.41) is 10.4. The summed E-state index contributed by atoms with van der Waals surface area (Å²) in [6, 6.07) is 0. The van der Waals surface area contributed by atoms with Gasteiger partial charge >= 0.3 is 0 Å². The molecule has 0 unspecified atom stereocenters. The highest BCUT2D eigenvalue weighted by molar-refractivity contribution is 5.23. The van der Waals surface area contributed by atoms with Crippen LogP contribution in [-0.4, -0.2) is 30.7 Å². The first-order chi connectivity index (χ1) is 10.8. The molecular formula is C20H34O3. The zero-order valence-electron chi connectivity index (χ0n) is 15.3. The molecular weight excluding hydrogens is 288 g/mol. The van der Waals surface area contributed by atoms with E-state index >= 15 is 0 Å². The predicted octanol–water partition coefficient (Wildman–Crippen LogP) is 4.30. The van der Waals surface area contributed by atoms with Gasteiger partial charge < -0.3 is 14.6 Å². The van der Waals surface area contributed by atoms with Crippen LogP contribution in [0.25, 0.3) is 0 Å². The fraction of sp³-hybridized carbons (Fsp3) is 0.900. The molecule has 3 nitrogen and oxygen atoms in total. The molecule has 3 aliphatic carbocycles. The van der Waals surface area contributed by atoms with Crippen LogP contribution in [0, 0.1) is 22.7 Å². The molecule has 1 N–H and O–H groups in total. The van der Waals surface area contributed by atoms with Crippen molar-refractivity contribution in [1.29, 1.82) is 0 Å². The lowest BCUT2D eigenvalue weighted by Crippen LogP contribution is -2.41. The Hall–Kier alpha value is -0.380. The largest absolute Gasteiger partial charge is 0.393 e. The summed E-state index contributed by atoms with van der Waals surface area (Å²) in [5.74, 6) is 1.25. The topological polar surface area (TPSA) is 38.7 Å². The van der Waals surface area contributed by atoms with Gasteiger partial charge in [0.1, 0.15) is 6.79 Å². The Morgan fingerprint density at radius 3 is 2.78 bits per heavy atom. The molecule has 0 aromatic carbocycles. The van der Waals surface area contributed by atoms with E-state index in [0.29, 0.717) is 29.5 Å². The van der Waals surface area contributed by atoms with E-state index < -0.39 is 0 Å². The fourth-order valence-electron chi connectivity index (χ4n) is 5.64. The Kier molecular flexibility index (Phi) is 4.67. The summed E-state index contributed by atoms with van der Waals surface area (Å²) < 4.78 is 10.7. The summed E-state index contributed by atoms with van der Waals surface area (Å²) in [4.78, 5) is 0. The van der Waals surface area contributed by atoms with E-state index in [1.54, 1.807) is 7.11 Å². The number of rotatable bonds is 6. The van der Waals surface area contributed by atoms with E-state index in [4.69, 9.17) is 9.47 Å². The average molecular weight is 322 g/mol. The molecule has 0 heterocycles. The van der Waals surface area contributed by atoms with E-state index in [-0.39, 0.29) is 11.7 Å². The molecule has 0 bridgehead atoms. The van der Waals surface area contributed by atoms with Crippen molar-refractivity contribution in [3.63, 3.8) is 0 Å². The summed E-state index contributed by atoms with van der Waals surface area (Å²) in [5.41, 5.74) is 0.673. The number of hydrogen-bond donors (Lipinski definition) is 1. The summed E-state index contributed by atoms with van der Waals surface area (Å²) in [7, 11) is 1.66. The fourth-order valence-corrected chi connectivity index (χ4v) is 5.64. The van der Waals surface area contributed by atoms with Crippen LogP contribution < -0.4 is 0 Å². The number of hydrogen-bond acceptors (Lipinski definition) is 3. The highest BCUT2D eigenvalue weighted by Crippen LogP contribution is 2.76. The smallest absolute Gasteiger partial charge is 0.147 e. The van der Waals surface area contributed by atoms with Crippen LogP contribution in [0.3, 0.4) is 0 Å². The maximum atomic E-state index is 10.4. The first-order valence-corrected chi connectivity index (χ1v) is 9.32. The number of aliphatic hydroxyl groups excluding tert-OH is 1. The van der Waals surface area contributed by atoms with E-state index in [1.165, 1.54) is 32.1 Å². The average Bonchev–Trinajstić information content (AvgIpc) is 3.11. The van der Waals surface area contributed by atoms with Crippen molar-refractivity contribution < 1.29 is 14.6 Å². The highest BCUT2D eigenvalue weighted by Gasteiger charge is 2.69. The van der Waals surface area contributed by atoms with Crippen LogP contribution in [0.5, 0.6) is 0 Å². The third-order valence-corrected chi connectivity index (χ3v) is 7.20. The van der Waals surface area contributed by atoms with Gasteiger partial charge in [0.05, 0.1) is 11.7 Å². The molecule has 23 heavy (non-hydrogen) atoms. The van der Waals surface area contributed by atoms with Crippen LogP contribution >= 0.6 is 0 Å². The third-order valence-electron chi connectivity index (χ3n) is 7.20. The Balaban J connectivity index is 1.59. The summed E-state index contributed by atoms with van der Waals surface area (Å²) >= 11 is 0. The molecule has 0 amide bonds. The van der Waals surface area contributed by atoms with Crippen molar-refractivity contribution in [2.45, 2.75) is 77.4 Å². The number of ether oxygens (including phenoxy) is 2. The standard InChI is InChI=1S/C20H34O3/c1-18(2,23-14-22-4)10-5-7-15-13-20(15)12-9-16-17(21)8-6-11-19(16,20)3/h5,7,15-17,21H,6,8-14H2,1-4H3/b7-5+/t15-,16-,17-,19-,20-/m0/s1. The molecule has 3 saturated carbocycles. The number of allylic oxidation sites excluding steroid dienone is 1. The number of methoxy groups -OCH3 is 1. The van der Waals surface area contributed by atoms with Gasteiger partial charge in [0.2, 0.25) is 0 Å². The molecule has 0 aromatic heterocycles. The van der Waals surface area contributed by atoms with Gasteiger partial charge in [-0.2, -0.15) is 0 Å². The second kappa shape index (κ2) is 6.16. The maximum Gasteiger partial charge on any atom is 0.147 e. The van der Waals surface area contributed by atoms with Gasteiger partial charge in [-0.25, -0.2) is 0 Å². The Morgan fingerprint density at radius 1 is 1.26 bits per heavy atom. The molecule has 132 valence electrons. The van der Waals surface area contributed by atoms with Gasteiger partial charge in [0.25, 0.3) is 0 Å². The summed E-state index contributed by atoms with van der Waals surface area (Å²) in [6.07, 6.45) is 13.0. The lowest BCUT2D eigenvalue weighted by atomic mass is 9.62. The van der Waals surface area contributed by atoms with E-state index in [9.17, 15) is 5.11 Å². The van der Waals surface area contributed by atoms with Gasteiger partial charge in [-0.05, 0) is 75.0 Å². The number of fused-ring (bicyclic) bond motifs is 2. The van der Waals surface area contributed by atoms with Crippen molar-refractivity contribution in [3.8, 4) is 0 Å². The Morgan fingerprint density at radius 2 is 2.04 bits per heavy atom. The van der Waals surface area contributed by atoms with Gasteiger partial charge in [-0.3, -0.25) is 0 Å². The molecule has 3 heteroatoms. The first-order valence-electron chi connectivity index (χ1n) is 9.32. The van der Waals surface area contributed by atoms with Gasteiger partial charge in [-0.15, -0.1) is 0 Å². The molecule has 0 aromatic rings.